The number of nitrogens with zero attached hydrogens (tertiary/aromatic N) is 4. The van der Waals surface area contributed by atoms with E-state index in [1.165, 1.54) is 30.5 Å². The lowest BCUT2D eigenvalue weighted by atomic mass is 9.97. The lowest BCUT2D eigenvalue weighted by molar-refractivity contribution is -0.0946. The largest absolute Gasteiger partial charge is 0.389 e. The van der Waals surface area contributed by atoms with Crippen molar-refractivity contribution >= 4 is 11.6 Å². The molecule has 3 aromatic heterocycles. The molecular weight excluding hydrogens is 601 g/mol. The number of anilines is 1. The van der Waals surface area contributed by atoms with Crippen LogP contribution in [0.25, 0.3) is 33.4 Å². The molecule has 1 fully saturated rings. The van der Waals surface area contributed by atoms with Gasteiger partial charge in [-0.15, -0.1) is 0 Å². The van der Waals surface area contributed by atoms with E-state index in [-0.39, 0.29) is 36.0 Å². The van der Waals surface area contributed by atoms with Crippen LogP contribution in [0, 0.1) is 5.82 Å². The van der Waals surface area contributed by atoms with E-state index < -0.39 is 16.8 Å². The van der Waals surface area contributed by atoms with Gasteiger partial charge in [0.2, 0.25) is 0 Å². The fraction of sp³-hybridized carbons (Fsp3) is 0.278. The number of halogens is 1. The molecule has 0 bridgehead atoms. The van der Waals surface area contributed by atoms with E-state index in [4.69, 9.17) is 15.2 Å². The molecule has 0 radical (unpaired) electrons. The van der Waals surface area contributed by atoms with Crippen LogP contribution in [-0.4, -0.2) is 61.7 Å². The highest BCUT2D eigenvalue weighted by Gasteiger charge is 2.21. The van der Waals surface area contributed by atoms with Crippen LogP contribution in [0.2, 0.25) is 0 Å². The van der Waals surface area contributed by atoms with E-state index in [2.05, 4.69) is 10.1 Å². The topological polar surface area (TPSA) is 134 Å². The Bertz CT molecular complexity index is 1940. The number of aromatic nitrogens is 4. The first-order valence-electron chi connectivity index (χ1n) is 15.3. The van der Waals surface area contributed by atoms with E-state index in [0.717, 1.165) is 22.3 Å². The summed E-state index contributed by atoms with van der Waals surface area (Å²) in [6.07, 6.45) is 8.40. The molecule has 5 aromatic rings. The highest BCUT2D eigenvalue weighted by atomic mass is 19.1. The second-order valence-electron chi connectivity index (χ2n) is 12.4. The third kappa shape index (κ3) is 7.71. The van der Waals surface area contributed by atoms with Crippen molar-refractivity contribution in [3.05, 3.63) is 113 Å². The quantitative estimate of drug-likeness (QED) is 0.209. The van der Waals surface area contributed by atoms with Crippen molar-refractivity contribution in [3.63, 3.8) is 0 Å². The van der Waals surface area contributed by atoms with Crippen LogP contribution in [0.5, 0.6) is 0 Å². The lowest BCUT2D eigenvalue weighted by Crippen LogP contribution is -2.32. The number of Topliss-reactive ketones (excluding diaryl/α,β-unsaturated/α-hetero) is 1. The van der Waals surface area contributed by atoms with E-state index in [1.54, 1.807) is 37.0 Å². The number of ether oxygens (including phenoxy) is 2. The van der Waals surface area contributed by atoms with Gasteiger partial charge >= 0.3 is 0 Å². The molecule has 10 nitrogen and oxygen atoms in total. The van der Waals surface area contributed by atoms with Crippen LogP contribution in [-0.2, 0) is 29.0 Å². The molecule has 1 atom stereocenters. The first kappa shape index (κ1) is 32.0. The van der Waals surface area contributed by atoms with Crippen molar-refractivity contribution in [1.29, 1.82) is 0 Å². The number of pyridine rings is 2. The van der Waals surface area contributed by atoms with Gasteiger partial charge in [0.05, 0.1) is 50.3 Å². The zero-order valence-electron chi connectivity index (χ0n) is 26.2. The zero-order valence-corrected chi connectivity index (χ0v) is 26.2. The fourth-order valence-corrected chi connectivity index (χ4v) is 5.61. The summed E-state index contributed by atoms with van der Waals surface area (Å²) >= 11 is 0. The Kier molecular flexibility index (Phi) is 9.12. The van der Waals surface area contributed by atoms with E-state index in [1.807, 2.05) is 41.2 Å². The number of nitrogens with two attached hydrogens (primary N) is 1. The summed E-state index contributed by atoms with van der Waals surface area (Å²) in [5, 5.41) is 14.9. The molecule has 3 N–H and O–H groups in total. The Morgan fingerprint density at radius 2 is 1.70 bits per heavy atom. The third-order valence-corrected chi connectivity index (χ3v) is 7.89. The van der Waals surface area contributed by atoms with E-state index in [9.17, 15) is 19.1 Å². The first-order chi connectivity index (χ1) is 22.5. The van der Waals surface area contributed by atoms with Crippen molar-refractivity contribution in [2.75, 3.05) is 25.6 Å². The molecule has 0 amide bonds. The number of hydrogen-bond acceptors (Lipinski definition) is 8. The van der Waals surface area contributed by atoms with Gasteiger partial charge in [0.25, 0.3) is 0 Å². The summed E-state index contributed by atoms with van der Waals surface area (Å²) in [5.74, 6) is -0.442. The van der Waals surface area contributed by atoms with Gasteiger partial charge in [-0.2, -0.15) is 5.10 Å². The minimum Gasteiger partial charge on any atom is -0.389 e. The summed E-state index contributed by atoms with van der Waals surface area (Å²) in [6, 6.07) is 14.9. The van der Waals surface area contributed by atoms with Crippen molar-refractivity contribution in [3.8, 4) is 33.4 Å². The summed E-state index contributed by atoms with van der Waals surface area (Å²) in [7, 11) is 0. The van der Waals surface area contributed by atoms with Crippen molar-refractivity contribution in [1.82, 2.24) is 19.3 Å². The number of rotatable bonds is 10. The molecule has 1 saturated heterocycles. The molecule has 242 valence electrons. The number of aliphatic hydroxyl groups is 1. The molecular formula is C36H36FN5O5. The first-order valence-corrected chi connectivity index (χ1v) is 15.3. The van der Waals surface area contributed by atoms with Gasteiger partial charge in [-0.3, -0.25) is 14.3 Å². The normalized spacial score (nSPS) is 15.1. The number of nitrogen functional groups attached to an aromatic ring is 1. The Balaban J connectivity index is 1.22. The Labute approximate surface area is 271 Å². The zero-order chi connectivity index (χ0) is 33.1. The Morgan fingerprint density at radius 3 is 2.40 bits per heavy atom. The standard InChI is InChI=1S/C36H36FN5O5/c1-36(2,45)22-41-19-31(25-7-9-28(37)10-8-25)34(44)32(20-41)33(43)13-23-3-5-24(6-4-23)30-14-26(15-39-35(30)38)27-16-40-42(17-27)18-29-21-46-11-12-47-29/h3-10,14-17,19-20,29,45H,11-13,18,21-22H2,1-2H3,(H2,38,39)/t29-/m0/s1. The maximum atomic E-state index is 13.6. The van der Waals surface area contributed by atoms with Crippen LogP contribution in [0.3, 0.4) is 0 Å². The number of ketones is 1. The maximum Gasteiger partial charge on any atom is 0.200 e. The minimum absolute atomic E-state index is 0.00980. The molecule has 1 aliphatic heterocycles. The smallest absolute Gasteiger partial charge is 0.200 e. The van der Waals surface area contributed by atoms with Crippen LogP contribution >= 0.6 is 0 Å². The van der Waals surface area contributed by atoms with Crippen LogP contribution in [0.4, 0.5) is 10.2 Å². The monoisotopic (exact) mass is 637 g/mol. The Hall–Kier alpha value is -4.97. The minimum atomic E-state index is -1.10. The second-order valence-corrected chi connectivity index (χ2v) is 12.4. The lowest BCUT2D eigenvalue weighted by Gasteiger charge is -2.22. The molecule has 0 unspecified atom stereocenters. The van der Waals surface area contributed by atoms with Gasteiger partial charge in [-0.25, -0.2) is 9.37 Å². The number of carbonyl (C=O) groups excluding carboxylic acids is 1. The van der Waals surface area contributed by atoms with Gasteiger partial charge in [-0.1, -0.05) is 36.4 Å². The molecule has 4 heterocycles. The maximum absolute atomic E-state index is 13.6. The fourth-order valence-electron chi connectivity index (χ4n) is 5.61. The summed E-state index contributed by atoms with van der Waals surface area (Å²) < 4.78 is 28.3. The van der Waals surface area contributed by atoms with Crippen molar-refractivity contribution in [2.24, 2.45) is 0 Å². The molecule has 6 rings (SSSR count). The molecule has 47 heavy (non-hydrogen) atoms. The van der Waals surface area contributed by atoms with E-state index >= 15 is 0 Å². The molecule has 0 spiro atoms. The number of benzene rings is 2. The average molecular weight is 638 g/mol. The van der Waals surface area contributed by atoms with Gasteiger partial charge < -0.3 is 24.9 Å². The molecule has 11 heteroatoms. The number of carbonyl (C=O) groups is 1. The predicted molar refractivity (Wildman–Crippen MR) is 176 cm³/mol. The summed E-state index contributed by atoms with van der Waals surface area (Å²) in [5.41, 5.74) is 9.44. The van der Waals surface area contributed by atoms with Crippen LogP contribution in [0.1, 0.15) is 29.8 Å². The van der Waals surface area contributed by atoms with Gasteiger partial charge in [0, 0.05) is 53.5 Å². The molecule has 0 saturated carbocycles. The summed E-state index contributed by atoms with van der Waals surface area (Å²) in [6.45, 7) is 5.72. The molecule has 2 aromatic carbocycles. The van der Waals surface area contributed by atoms with Crippen molar-refractivity contribution in [2.45, 2.75) is 45.1 Å². The van der Waals surface area contributed by atoms with Crippen LogP contribution < -0.4 is 11.2 Å². The predicted octanol–water partition coefficient (Wildman–Crippen LogP) is 4.77. The Morgan fingerprint density at radius 1 is 0.979 bits per heavy atom. The van der Waals surface area contributed by atoms with Crippen molar-refractivity contribution < 1.29 is 23.8 Å². The van der Waals surface area contributed by atoms with Crippen LogP contribution in [0.15, 0.2) is 90.4 Å². The third-order valence-electron chi connectivity index (χ3n) is 7.89. The highest BCUT2D eigenvalue weighted by molar-refractivity contribution is 5.98. The highest BCUT2D eigenvalue weighted by Crippen LogP contribution is 2.30. The van der Waals surface area contributed by atoms with Gasteiger partial charge in [0.15, 0.2) is 11.2 Å². The van der Waals surface area contributed by atoms with Gasteiger partial charge in [-0.05, 0) is 48.7 Å². The molecule has 1 aliphatic rings. The SMILES string of the molecule is CC(C)(O)Cn1cc(C(=O)Cc2ccc(-c3cc(-c4cnn(C[C@H]5COCCO5)c4)cnc3N)cc2)c(=O)c(-c2ccc(F)cc2)c1. The second kappa shape index (κ2) is 13.4. The van der Waals surface area contributed by atoms with E-state index in [0.29, 0.717) is 43.3 Å². The molecule has 0 aliphatic carbocycles. The number of hydrogen-bond donors (Lipinski definition) is 2. The average Bonchev–Trinajstić information content (AvgIpc) is 3.51. The summed E-state index contributed by atoms with van der Waals surface area (Å²) in [4.78, 5) is 31.5. The van der Waals surface area contributed by atoms with Gasteiger partial charge in [0.1, 0.15) is 17.7 Å².